The van der Waals surface area contributed by atoms with E-state index in [-0.39, 0.29) is 23.3 Å². The zero-order chi connectivity index (χ0) is 19.2. The van der Waals surface area contributed by atoms with Crippen molar-refractivity contribution in [3.8, 4) is 0 Å². The predicted octanol–water partition coefficient (Wildman–Crippen LogP) is 6.60. The molecule has 0 saturated heterocycles. The van der Waals surface area contributed by atoms with Crippen molar-refractivity contribution >= 4 is 23.2 Å². The average Bonchev–Trinajstić information content (AvgIpc) is 2.50. The molecule has 0 aromatic carbocycles. The summed E-state index contributed by atoms with van der Waals surface area (Å²) in [7, 11) is 3.40. The number of alkyl halides is 2. The molecule has 25 heavy (non-hydrogen) atoms. The molecule has 0 aliphatic carbocycles. The third kappa shape index (κ3) is 15.2. The summed E-state index contributed by atoms with van der Waals surface area (Å²) < 4.78 is 16.9. The van der Waals surface area contributed by atoms with Gasteiger partial charge in [-0.1, -0.05) is 26.7 Å². The van der Waals surface area contributed by atoms with Crippen LogP contribution in [0.15, 0.2) is 0 Å². The maximum atomic E-state index is 6.05. The molecule has 6 atom stereocenters. The summed E-state index contributed by atoms with van der Waals surface area (Å²) >= 11 is 12.1. The number of halogens is 2. The Bertz CT molecular complexity index is 273. The van der Waals surface area contributed by atoms with E-state index in [1.807, 2.05) is 0 Å². The Morgan fingerprint density at radius 1 is 0.640 bits per heavy atom. The van der Waals surface area contributed by atoms with E-state index in [9.17, 15) is 0 Å². The second-order valence-electron chi connectivity index (χ2n) is 7.57. The van der Waals surface area contributed by atoms with Gasteiger partial charge in [0.15, 0.2) is 12.6 Å². The molecule has 0 aliphatic rings. The van der Waals surface area contributed by atoms with Crippen LogP contribution in [0.1, 0.15) is 79.1 Å². The molecule has 152 valence electrons. The summed E-state index contributed by atoms with van der Waals surface area (Å²) in [5.74, 6) is 1.27. The third-order valence-corrected chi connectivity index (χ3v) is 4.91. The van der Waals surface area contributed by atoms with Gasteiger partial charge in [-0.15, -0.1) is 23.2 Å². The van der Waals surface area contributed by atoms with Crippen molar-refractivity contribution in [2.24, 2.45) is 11.8 Å². The summed E-state index contributed by atoms with van der Waals surface area (Å²) in [4.78, 5) is 0. The molecule has 0 bridgehead atoms. The Morgan fingerprint density at radius 2 is 1.00 bits per heavy atom. The first-order valence-corrected chi connectivity index (χ1v) is 10.6. The van der Waals surface area contributed by atoms with Crippen LogP contribution in [0.2, 0.25) is 0 Å². The first kappa shape index (κ1) is 25.5. The van der Waals surface area contributed by atoms with Gasteiger partial charge in [-0.3, -0.25) is 0 Å². The van der Waals surface area contributed by atoms with Crippen LogP contribution >= 0.6 is 23.2 Å². The van der Waals surface area contributed by atoms with Gasteiger partial charge in [0, 0.05) is 25.0 Å². The van der Waals surface area contributed by atoms with Crippen molar-refractivity contribution in [3.63, 3.8) is 0 Å². The van der Waals surface area contributed by atoms with Crippen molar-refractivity contribution in [2.45, 2.75) is 102 Å². The Kier molecular flexibility index (Phi) is 15.8. The van der Waals surface area contributed by atoms with Crippen LogP contribution in [-0.2, 0) is 14.2 Å². The highest BCUT2D eigenvalue weighted by molar-refractivity contribution is 6.20. The summed E-state index contributed by atoms with van der Waals surface area (Å²) in [5, 5.41) is 0.484. The predicted molar refractivity (Wildman–Crippen MR) is 109 cm³/mol. The van der Waals surface area contributed by atoms with Gasteiger partial charge in [0.25, 0.3) is 0 Å². The normalized spacial score (nSPS) is 19.2. The lowest BCUT2D eigenvalue weighted by molar-refractivity contribution is -0.233. The third-order valence-electron chi connectivity index (χ3n) is 4.56. The van der Waals surface area contributed by atoms with Crippen molar-refractivity contribution < 1.29 is 14.2 Å². The van der Waals surface area contributed by atoms with Crippen molar-refractivity contribution in [1.29, 1.82) is 0 Å². The maximum absolute atomic E-state index is 6.05. The van der Waals surface area contributed by atoms with Crippen LogP contribution in [0, 0.1) is 11.8 Å². The van der Waals surface area contributed by atoms with E-state index in [2.05, 4.69) is 27.7 Å². The van der Waals surface area contributed by atoms with Crippen LogP contribution in [0.3, 0.4) is 0 Å². The zero-order valence-corrected chi connectivity index (χ0v) is 18.6. The fourth-order valence-corrected chi connectivity index (χ4v) is 3.87. The van der Waals surface area contributed by atoms with Crippen molar-refractivity contribution in [1.82, 2.24) is 0 Å². The Hall–Kier alpha value is 0.460. The largest absolute Gasteiger partial charge is 0.356 e. The molecule has 0 saturated carbocycles. The summed E-state index contributed by atoms with van der Waals surface area (Å²) in [5.41, 5.74) is 0. The van der Waals surface area contributed by atoms with E-state index in [1.165, 1.54) is 0 Å². The van der Waals surface area contributed by atoms with Crippen LogP contribution in [0.4, 0.5) is 0 Å². The van der Waals surface area contributed by atoms with E-state index < -0.39 is 0 Å². The molecule has 0 N–H and O–H groups in total. The fourth-order valence-electron chi connectivity index (χ4n) is 3.26. The lowest BCUT2D eigenvalue weighted by atomic mass is 9.99. The minimum absolute atomic E-state index is 0.203. The van der Waals surface area contributed by atoms with Crippen LogP contribution in [0.5, 0.6) is 0 Å². The minimum atomic E-state index is -0.203. The molecule has 0 aromatic rings. The Morgan fingerprint density at radius 3 is 1.28 bits per heavy atom. The van der Waals surface area contributed by atoms with Gasteiger partial charge in [0.2, 0.25) is 0 Å². The standard InChI is InChI=1S/C20H40Cl2O3/c1-15(13-17(3)21)9-7-11-19(23-5)25-20(24-6)12-8-10-16(2)14-18(4)22/h15-20H,7-14H2,1-6H3. The van der Waals surface area contributed by atoms with Gasteiger partial charge >= 0.3 is 0 Å². The molecule has 0 aromatic heterocycles. The minimum Gasteiger partial charge on any atom is -0.356 e. The topological polar surface area (TPSA) is 27.7 Å². The molecule has 0 aliphatic heterocycles. The quantitative estimate of drug-likeness (QED) is 0.216. The van der Waals surface area contributed by atoms with E-state index in [0.29, 0.717) is 11.8 Å². The van der Waals surface area contributed by atoms with Crippen LogP contribution in [0.25, 0.3) is 0 Å². The molecule has 3 nitrogen and oxygen atoms in total. The zero-order valence-electron chi connectivity index (χ0n) is 17.1. The van der Waals surface area contributed by atoms with Gasteiger partial charge in [-0.2, -0.15) is 0 Å². The molecule has 0 heterocycles. The Balaban J connectivity index is 4.03. The smallest absolute Gasteiger partial charge is 0.160 e. The van der Waals surface area contributed by atoms with Gasteiger partial charge in [0.1, 0.15) is 0 Å². The SMILES string of the molecule is COC(CCCC(C)CC(C)Cl)OC(CCCC(C)CC(C)Cl)OC. The number of hydrogen-bond acceptors (Lipinski definition) is 3. The lowest BCUT2D eigenvalue weighted by Crippen LogP contribution is -2.25. The molecule has 0 rings (SSSR count). The first-order chi connectivity index (χ1) is 11.8. The second kappa shape index (κ2) is 15.5. The molecule has 6 unspecified atom stereocenters. The van der Waals surface area contributed by atoms with Gasteiger partial charge in [-0.05, 0) is 64.2 Å². The van der Waals surface area contributed by atoms with Gasteiger partial charge in [0.05, 0.1) is 0 Å². The number of rotatable bonds is 16. The van der Waals surface area contributed by atoms with Gasteiger partial charge in [-0.25, -0.2) is 0 Å². The van der Waals surface area contributed by atoms with E-state index >= 15 is 0 Å². The molecule has 0 fully saturated rings. The molecular formula is C20H40Cl2O3. The molecular weight excluding hydrogens is 359 g/mol. The average molecular weight is 399 g/mol. The summed E-state index contributed by atoms with van der Waals surface area (Å²) in [6.07, 6.45) is 7.92. The highest BCUT2D eigenvalue weighted by Crippen LogP contribution is 2.21. The molecule has 0 radical (unpaired) electrons. The van der Waals surface area contributed by atoms with E-state index in [4.69, 9.17) is 37.4 Å². The van der Waals surface area contributed by atoms with Crippen LogP contribution < -0.4 is 0 Å². The number of ether oxygens (including phenoxy) is 3. The highest BCUT2D eigenvalue weighted by Gasteiger charge is 2.17. The highest BCUT2D eigenvalue weighted by atomic mass is 35.5. The lowest BCUT2D eigenvalue weighted by Gasteiger charge is -2.24. The fraction of sp³-hybridized carbons (Fsp3) is 1.00. The van der Waals surface area contributed by atoms with E-state index in [0.717, 1.165) is 51.4 Å². The molecule has 5 heteroatoms. The first-order valence-electron chi connectivity index (χ1n) is 9.77. The number of methoxy groups -OCH3 is 2. The van der Waals surface area contributed by atoms with Crippen molar-refractivity contribution in [2.75, 3.05) is 14.2 Å². The maximum Gasteiger partial charge on any atom is 0.160 e. The van der Waals surface area contributed by atoms with Gasteiger partial charge < -0.3 is 14.2 Å². The molecule has 0 amide bonds. The van der Waals surface area contributed by atoms with E-state index in [1.54, 1.807) is 14.2 Å². The number of hydrogen-bond donors (Lipinski definition) is 0. The second-order valence-corrected chi connectivity index (χ2v) is 9.06. The Labute approximate surface area is 166 Å². The summed E-state index contributed by atoms with van der Waals surface area (Å²) in [6, 6.07) is 0. The van der Waals surface area contributed by atoms with Crippen LogP contribution in [-0.4, -0.2) is 37.6 Å². The monoisotopic (exact) mass is 398 g/mol. The van der Waals surface area contributed by atoms with Crippen molar-refractivity contribution in [3.05, 3.63) is 0 Å². The molecule has 0 spiro atoms. The summed E-state index contributed by atoms with van der Waals surface area (Å²) in [6.45, 7) is 8.61.